The molecule has 25 heavy (non-hydrogen) atoms. The van der Waals surface area contributed by atoms with Crippen molar-refractivity contribution in [2.24, 2.45) is 11.3 Å². The Balaban J connectivity index is 1.86. The lowest BCUT2D eigenvalue weighted by molar-refractivity contribution is -0.154. The van der Waals surface area contributed by atoms with Crippen molar-refractivity contribution in [2.75, 3.05) is 24.6 Å². The van der Waals surface area contributed by atoms with Gasteiger partial charge in [-0.05, 0) is 23.5 Å². The van der Waals surface area contributed by atoms with E-state index in [9.17, 15) is 4.79 Å². The highest BCUT2D eigenvalue weighted by Crippen LogP contribution is 2.42. The molecule has 2 aromatic carbocycles. The molecule has 0 amide bonds. The number of alkyl halides is 1. The van der Waals surface area contributed by atoms with Gasteiger partial charge in [-0.15, -0.1) is 0 Å². The van der Waals surface area contributed by atoms with Crippen LogP contribution in [0.4, 0.5) is 0 Å². The quantitative estimate of drug-likeness (QED) is 0.380. The number of ether oxygens (including phenoxy) is 1. The molecule has 2 aromatic rings. The first-order chi connectivity index (χ1) is 12.2. The van der Waals surface area contributed by atoms with Gasteiger partial charge >= 0.3 is 5.97 Å². The second-order valence-corrected chi connectivity index (χ2v) is 7.70. The number of benzene rings is 2. The van der Waals surface area contributed by atoms with Gasteiger partial charge in [0.05, 0.1) is 12.5 Å². The van der Waals surface area contributed by atoms with Gasteiger partial charge in [0.15, 0.2) is 0 Å². The van der Waals surface area contributed by atoms with Crippen LogP contribution in [-0.2, 0) is 22.5 Å². The lowest BCUT2D eigenvalue weighted by Gasteiger charge is -2.31. The average molecular weight is 449 g/mol. The number of hydrogen-bond donors (Lipinski definition) is 0. The predicted molar refractivity (Wildman–Crippen MR) is 109 cm³/mol. The minimum absolute atomic E-state index is 0.0754. The SMILES string of the molecule is COC(=O)[C@@]1(Cc2ccccc2)CN(Cc2ccccc2)C[C@@H]1CI. The van der Waals surface area contributed by atoms with E-state index in [4.69, 9.17) is 4.74 Å². The summed E-state index contributed by atoms with van der Waals surface area (Å²) in [4.78, 5) is 15.3. The number of nitrogens with zero attached hydrogens (tertiary/aromatic N) is 1. The molecular formula is C21H24INO2. The summed E-state index contributed by atoms with van der Waals surface area (Å²) in [6, 6.07) is 20.8. The second-order valence-electron chi connectivity index (χ2n) is 6.82. The zero-order chi connectivity index (χ0) is 17.7. The van der Waals surface area contributed by atoms with Gasteiger partial charge in [0.1, 0.15) is 0 Å². The number of halogens is 1. The zero-order valence-electron chi connectivity index (χ0n) is 14.5. The summed E-state index contributed by atoms with van der Waals surface area (Å²) in [7, 11) is 1.51. The van der Waals surface area contributed by atoms with E-state index < -0.39 is 5.41 Å². The van der Waals surface area contributed by atoms with E-state index in [1.54, 1.807) is 0 Å². The summed E-state index contributed by atoms with van der Waals surface area (Å²) in [5, 5.41) is 0. The first-order valence-electron chi connectivity index (χ1n) is 8.62. The van der Waals surface area contributed by atoms with Gasteiger partial charge in [0, 0.05) is 24.1 Å². The molecule has 0 bridgehead atoms. The Bertz CT molecular complexity index is 692. The van der Waals surface area contributed by atoms with Crippen molar-refractivity contribution >= 4 is 28.6 Å². The summed E-state index contributed by atoms with van der Waals surface area (Å²) in [5.41, 5.74) is 2.02. The summed E-state index contributed by atoms with van der Waals surface area (Å²) in [6.45, 7) is 2.55. The highest BCUT2D eigenvalue weighted by Gasteiger charge is 2.52. The van der Waals surface area contributed by atoms with Gasteiger partial charge in [-0.1, -0.05) is 83.3 Å². The molecule has 0 saturated carbocycles. The molecule has 0 aliphatic carbocycles. The van der Waals surface area contributed by atoms with Crippen LogP contribution in [0.1, 0.15) is 11.1 Å². The normalized spacial score (nSPS) is 23.5. The van der Waals surface area contributed by atoms with Crippen molar-refractivity contribution < 1.29 is 9.53 Å². The number of esters is 1. The first kappa shape index (κ1) is 18.4. The lowest BCUT2D eigenvalue weighted by atomic mass is 9.74. The largest absolute Gasteiger partial charge is 0.469 e. The van der Waals surface area contributed by atoms with Crippen LogP contribution in [0.3, 0.4) is 0 Å². The molecule has 3 nitrogen and oxygen atoms in total. The highest BCUT2D eigenvalue weighted by atomic mass is 127. The molecule has 2 atom stereocenters. The van der Waals surface area contributed by atoms with Crippen LogP contribution >= 0.6 is 22.6 Å². The van der Waals surface area contributed by atoms with Gasteiger partial charge < -0.3 is 4.74 Å². The third-order valence-corrected chi connectivity index (χ3v) is 6.22. The number of methoxy groups -OCH3 is 1. The number of carbonyl (C=O) groups excluding carboxylic acids is 1. The Labute approximate surface area is 163 Å². The molecule has 0 radical (unpaired) electrons. The minimum atomic E-state index is -0.466. The summed E-state index contributed by atoms with van der Waals surface area (Å²) < 4.78 is 6.22. The Morgan fingerprint density at radius 2 is 1.72 bits per heavy atom. The van der Waals surface area contributed by atoms with Crippen LogP contribution in [0.25, 0.3) is 0 Å². The Morgan fingerprint density at radius 1 is 1.12 bits per heavy atom. The molecule has 1 aliphatic heterocycles. The zero-order valence-corrected chi connectivity index (χ0v) is 16.7. The van der Waals surface area contributed by atoms with Crippen LogP contribution in [-0.4, -0.2) is 35.5 Å². The standard InChI is InChI=1S/C21H24INO2/c1-25-20(24)21(12-17-8-4-2-5-9-17)16-23(15-19(21)13-22)14-18-10-6-3-7-11-18/h2-11,19H,12-16H2,1H3/t19-,21-/m0/s1. The van der Waals surface area contributed by atoms with Crippen molar-refractivity contribution in [1.82, 2.24) is 4.90 Å². The van der Waals surface area contributed by atoms with E-state index in [-0.39, 0.29) is 5.97 Å². The molecule has 0 unspecified atom stereocenters. The molecule has 1 saturated heterocycles. The Morgan fingerprint density at radius 3 is 2.28 bits per heavy atom. The number of carbonyl (C=O) groups is 1. The van der Waals surface area contributed by atoms with Crippen molar-refractivity contribution in [2.45, 2.75) is 13.0 Å². The predicted octanol–water partition coefficient (Wildman–Crippen LogP) is 3.96. The fourth-order valence-corrected chi connectivity index (χ4v) is 5.03. The van der Waals surface area contributed by atoms with Gasteiger partial charge in [-0.3, -0.25) is 9.69 Å². The minimum Gasteiger partial charge on any atom is -0.469 e. The molecule has 1 fully saturated rings. The van der Waals surface area contributed by atoms with Crippen molar-refractivity contribution in [3.8, 4) is 0 Å². The summed E-state index contributed by atoms with van der Waals surface area (Å²) in [6.07, 6.45) is 0.736. The fourth-order valence-electron chi connectivity index (χ4n) is 3.90. The van der Waals surface area contributed by atoms with Gasteiger partial charge in [0.25, 0.3) is 0 Å². The maximum absolute atomic E-state index is 12.9. The maximum atomic E-state index is 12.9. The van der Waals surface area contributed by atoms with Crippen LogP contribution in [0.15, 0.2) is 60.7 Å². The monoisotopic (exact) mass is 449 g/mol. The van der Waals surface area contributed by atoms with E-state index in [1.165, 1.54) is 18.2 Å². The molecule has 132 valence electrons. The van der Waals surface area contributed by atoms with Crippen LogP contribution in [0.5, 0.6) is 0 Å². The lowest BCUT2D eigenvalue weighted by Crippen LogP contribution is -2.42. The highest BCUT2D eigenvalue weighted by molar-refractivity contribution is 14.1. The molecule has 0 aromatic heterocycles. The third-order valence-electron chi connectivity index (χ3n) is 5.16. The molecular weight excluding hydrogens is 425 g/mol. The molecule has 0 spiro atoms. The van der Waals surface area contributed by atoms with E-state index in [0.29, 0.717) is 5.92 Å². The van der Waals surface area contributed by atoms with E-state index in [2.05, 4.69) is 63.9 Å². The maximum Gasteiger partial charge on any atom is 0.313 e. The van der Waals surface area contributed by atoms with Crippen LogP contribution in [0.2, 0.25) is 0 Å². The third kappa shape index (κ3) is 4.06. The van der Waals surface area contributed by atoms with Crippen LogP contribution in [0, 0.1) is 11.3 Å². The van der Waals surface area contributed by atoms with Crippen molar-refractivity contribution in [1.29, 1.82) is 0 Å². The Hall–Kier alpha value is -1.40. The number of rotatable bonds is 6. The van der Waals surface area contributed by atoms with E-state index in [1.807, 2.05) is 24.3 Å². The van der Waals surface area contributed by atoms with Gasteiger partial charge in [-0.25, -0.2) is 0 Å². The average Bonchev–Trinajstić information content (AvgIpc) is 3.00. The van der Waals surface area contributed by atoms with Crippen molar-refractivity contribution in [3.63, 3.8) is 0 Å². The van der Waals surface area contributed by atoms with E-state index in [0.717, 1.165) is 30.5 Å². The number of hydrogen-bond acceptors (Lipinski definition) is 3. The summed E-state index contributed by atoms with van der Waals surface area (Å²) >= 11 is 2.41. The topological polar surface area (TPSA) is 29.5 Å². The molecule has 3 rings (SSSR count). The van der Waals surface area contributed by atoms with E-state index >= 15 is 0 Å². The fraction of sp³-hybridized carbons (Fsp3) is 0.381. The van der Waals surface area contributed by atoms with Crippen molar-refractivity contribution in [3.05, 3.63) is 71.8 Å². The molecule has 0 N–H and O–H groups in total. The smallest absolute Gasteiger partial charge is 0.313 e. The second kappa shape index (κ2) is 8.32. The van der Waals surface area contributed by atoms with Crippen LogP contribution < -0.4 is 0 Å². The summed E-state index contributed by atoms with van der Waals surface area (Å²) in [5.74, 6) is 0.220. The molecule has 1 aliphatic rings. The molecule has 4 heteroatoms. The first-order valence-corrected chi connectivity index (χ1v) is 10.1. The molecule has 1 heterocycles. The number of likely N-dealkylation sites (tertiary alicyclic amines) is 1. The Kier molecular flexibility index (Phi) is 6.12. The van der Waals surface area contributed by atoms with Gasteiger partial charge in [0.2, 0.25) is 0 Å². The van der Waals surface area contributed by atoms with Gasteiger partial charge in [-0.2, -0.15) is 0 Å².